The molecule has 1 atom stereocenters. The first-order chi connectivity index (χ1) is 7.33. The Hall–Kier alpha value is -0.0800. The highest BCUT2D eigenvalue weighted by Crippen LogP contribution is 2.21. The van der Waals surface area contributed by atoms with E-state index in [-0.39, 0.29) is 6.10 Å². The van der Waals surface area contributed by atoms with Crippen LogP contribution in [0.4, 0.5) is 0 Å². The van der Waals surface area contributed by atoms with Crippen LogP contribution in [-0.2, 0) is 0 Å². The topological polar surface area (TPSA) is 32.3 Å². The number of aliphatic hydroxyl groups excluding tert-OH is 1. The highest BCUT2D eigenvalue weighted by molar-refractivity contribution is 4.68. The molecule has 0 aromatic carbocycles. The van der Waals surface area contributed by atoms with Gasteiger partial charge in [0.05, 0.1) is 6.10 Å². The van der Waals surface area contributed by atoms with Crippen LogP contribution in [0.2, 0.25) is 0 Å². The molecule has 2 heteroatoms. The van der Waals surface area contributed by atoms with E-state index in [4.69, 9.17) is 0 Å². The van der Waals surface area contributed by atoms with E-state index in [2.05, 4.69) is 12.2 Å². The molecule has 2 nitrogen and oxygen atoms in total. The van der Waals surface area contributed by atoms with E-state index >= 15 is 0 Å². The second-order valence-corrected chi connectivity index (χ2v) is 4.96. The Bertz CT molecular complexity index is 141. The number of rotatable bonds is 6. The van der Waals surface area contributed by atoms with Crippen LogP contribution >= 0.6 is 0 Å². The van der Waals surface area contributed by atoms with Crippen LogP contribution in [0.25, 0.3) is 0 Å². The molecule has 0 aromatic rings. The van der Waals surface area contributed by atoms with Crippen molar-refractivity contribution in [2.24, 2.45) is 5.92 Å². The zero-order valence-electron chi connectivity index (χ0n) is 10.2. The molecule has 1 unspecified atom stereocenters. The van der Waals surface area contributed by atoms with E-state index in [1.54, 1.807) is 0 Å². The lowest BCUT2D eigenvalue weighted by Gasteiger charge is -2.16. The summed E-state index contributed by atoms with van der Waals surface area (Å²) in [5.41, 5.74) is 0. The SMILES string of the molecule is CCCC(O)CNCC1CCCCCC1. The van der Waals surface area contributed by atoms with Crippen LogP contribution in [0.3, 0.4) is 0 Å². The average Bonchev–Trinajstić information content (AvgIpc) is 2.47. The second-order valence-electron chi connectivity index (χ2n) is 4.96. The minimum atomic E-state index is -0.138. The molecule has 1 rings (SSSR count). The van der Waals surface area contributed by atoms with Crippen molar-refractivity contribution in [2.45, 2.75) is 64.4 Å². The van der Waals surface area contributed by atoms with Crippen LogP contribution in [0.15, 0.2) is 0 Å². The van der Waals surface area contributed by atoms with Gasteiger partial charge in [-0.3, -0.25) is 0 Å². The highest BCUT2D eigenvalue weighted by Gasteiger charge is 2.12. The largest absolute Gasteiger partial charge is 0.392 e. The van der Waals surface area contributed by atoms with Crippen molar-refractivity contribution < 1.29 is 5.11 Å². The molecule has 0 radical (unpaired) electrons. The fourth-order valence-corrected chi connectivity index (χ4v) is 2.46. The Morgan fingerprint density at radius 2 is 1.87 bits per heavy atom. The Kier molecular flexibility index (Phi) is 7.03. The third kappa shape index (κ3) is 6.16. The fraction of sp³-hybridized carbons (Fsp3) is 1.00. The molecule has 0 aliphatic heterocycles. The first kappa shape index (κ1) is 13.0. The maximum absolute atomic E-state index is 9.57. The monoisotopic (exact) mass is 213 g/mol. The van der Waals surface area contributed by atoms with E-state index in [1.165, 1.54) is 38.5 Å². The van der Waals surface area contributed by atoms with E-state index in [1.807, 2.05) is 0 Å². The van der Waals surface area contributed by atoms with Gasteiger partial charge in [-0.1, -0.05) is 39.0 Å². The molecule has 0 aromatic heterocycles. The van der Waals surface area contributed by atoms with Crippen LogP contribution in [0.5, 0.6) is 0 Å². The van der Waals surface area contributed by atoms with Gasteiger partial charge in [0.25, 0.3) is 0 Å². The molecule has 0 bridgehead atoms. The van der Waals surface area contributed by atoms with Gasteiger partial charge >= 0.3 is 0 Å². The third-order valence-corrected chi connectivity index (χ3v) is 3.41. The molecule has 1 saturated carbocycles. The summed E-state index contributed by atoms with van der Waals surface area (Å²) in [4.78, 5) is 0. The van der Waals surface area contributed by atoms with Gasteiger partial charge in [-0.25, -0.2) is 0 Å². The van der Waals surface area contributed by atoms with E-state index in [0.717, 1.165) is 31.8 Å². The lowest BCUT2D eigenvalue weighted by molar-refractivity contribution is 0.158. The number of hydrogen-bond acceptors (Lipinski definition) is 2. The Morgan fingerprint density at radius 1 is 1.20 bits per heavy atom. The summed E-state index contributed by atoms with van der Waals surface area (Å²) in [5.74, 6) is 0.862. The molecular formula is C13H27NO. The fourth-order valence-electron chi connectivity index (χ4n) is 2.46. The molecule has 1 aliphatic carbocycles. The molecule has 90 valence electrons. The standard InChI is InChI=1S/C13H27NO/c1-2-7-13(15)11-14-10-12-8-5-3-4-6-9-12/h12-15H,2-11H2,1H3. The van der Waals surface area contributed by atoms with Crippen molar-refractivity contribution in [3.05, 3.63) is 0 Å². The Morgan fingerprint density at radius 3 is 2.47 bits per heavy atom. The molecule has 1 aliphatic rings. The van der Waals surface area contributed by atoms with Crippen molar-refractivity contribution in [1.82, 2.24) is 5.32 Å². The quantitative estimate of drug-likeness (QED) is 0.665. The predicted molar refractivity (Wildman–Crippen MR) is 65.0 cm³/mol. The molecule has 0 saturated heterocycles. The van der Waals surface area contributed by atoms with Crippen LogP contribution < -0.4 is 5.32 Å². The van der Waals surface area contributed by atoms with Crippen molar-refractivity contribution in [3.63, 3.8) is 0 Å². The molecule has 1 fully saturated rings. The van der Waals surface area contributed by atoms with Gasteiger partial charge in [0.15, 0.2) is 0 Å². The first-order valence-electron chi connectivity index (χ1n) is 6.71. The van der Waals surface area contributed by atoms with Gasteiger partial charge in [0, 0.05) is 6.54 Å². The van der Waals surface area contributed by atoms with Gasteiger partial charge in [-0.05, 0) is 31.7 Å². The summed E-state index contributed by atoms with van der Waals surface area (Å²) in [5, 5.41) is 13.0. The normalized spacial score (nSPS) is 21.2. The van der Waals surface area contributed by atoms with Gasteiger partial charge in [0.1, 0.15) is 0 Å². The van der Waals surface area contributed by atoms with Crippen molar-refractivity contribution >= 4 is 0 Å². The summed E-state index contributed by atoms with van der Waals surface area (Å²) >= 11 is 0. The molecule has 0 heterocycles. The third-order valence-electron chi connectivity index (χ3n) is 3.41. The summed E-state index contributed by atoms with van der Waals surface area (Å²) in [6.07, 6.45) is 10.3. The van der Waals surface area contributed by atoms with Gasteiger partial charge in [-0.2, -0.15) is 0 Å². The molecule has 0 spiro atoms. The van der Waals surface area contributed by atoms with E-state index in [0.29, 0.717) is 0 Å². The summed E-state index contributed by atoms with van der Waals surface area (Å²) < 4.78 is 0. The number of nitrogens with one attached hydrogen (secondary N) is 1. The predicted octanol–water partition coefficient (Wildman–Crippen LogP) is 2.71. The maximum Gasteiger partial charge on any atom is 0.0664 e. The summed E-state index contributed by atoms with van der Waals surface area (Å²) in [7, 11) is 0. The zero-order chi connectivity index (χ0) is 10.9. The van der Waals surface area contributed by atoms with Gasteiger partial charge in [0.2, 0.25) is 0 Å². The van der Waals surface area contributed by atoms with E-state index in [9.17, 15) is 5.11 Å². The molecule has 2 N–H and O–H groups in total. The Labute approximate surface area is 94.5 Å². The summed E-state index contributed by atoms with van der Waals surface area (Å²) in [6.45, 7) is 4.01. The molecule has 15 heavy (non-hydrogen) atoms. The Balaban J connectivity index is 2.02. The van der Waals surface area contributed by atoms with Crippen molar-refractivity contribution in [2.75, 3.05) is 13.1 Å². The smallest absolute Gasteiger partial charge is 0.0664 e. The van der Waals surface area contributed by atoms with Crippen molar-refractivity contribution in [3.8, 4) is 0 Å². The lowest BCUT2D eigenvalue weighted by atomic mass is 10.0. The molecular weight excluding hydrogens is 186 g/mol. The first-order valence-corrected chi connectivity index (χ1v) is 6.71. The van der Waals surface area contributed by atoms with Crippen molar-refractivity contribution in [1.29, 1.82) is 0 Å². The number of hydrogen-bond donors (Lipinski definition) is 2. The maximum atomic E-state index is 9.57. The number of aliphatic hydroxyl groups is 1. The van der Waals surface area contributed by atoms with Crippen LogP contribution in [0, 0.1) is 5.92 Å². The molecule has 0 amide bonds. The van der Waals surface area contributed by atoms with Gasteiger partial charge in [-0.15, -0.1) is 0 Å². The minimum Gasteiger partial charge on any atom is -0.392 e. The second kappa shape index (κ2) is 8.12. The zero-order valence-corrected chi connectivity index (χ0v) is 10.2. The lowest BCUT2D eigenvalue weighted by Crippen LogP contribution is -2.30. The van der Waals surface area contributed by atoms with E-state index < -0.39 is 0 Å². The summed E-state index contributed by atoms with van der Waals surface area (Å²) in [6, 6.07) is 0. The van der Waals surface area contributed by atoms with Crippen LogP contribution in [0.1, 0.15) is 58.3 Å². The highest BCUT2D eigenvalue weighted by atomic mass is 16.3. The van der Waals surface area contributed by atoms with Crippen LogP contribution in [-0.4, -0.2) is 24.3 Å². The average molecular weight is 213 g/mol. The minimum absolute atomic E-state index is 0.138. The van der Waals surface area contributed by atoms with Gasteiger partial charge < -0.3 is 10.4 Å².